The first-order valence-electron chi connectivity index (χ1n) is 11.5. The van der Waals surface area contributed by atoms with Crippen LogP contribution in [-0.4, -0.2) is 85.2 Å². The third kappa shape index (κ3) is 1.90. The first kappa shape index (κ1) is 20.4. The number of methoxy groups -OCH3 is 1. The van der Waals surface area contributed by atoms with Crippen molar-refractivity contribution in [3.05, 3.63) is 29.8 Å². The minimum Gasteiger partial charge on any atom is -0.467 e. The van der Waals surface area contributed by atoms with Crippen molar-refractivity contribution in [2.45, 2.75) is 68.1 Å². The fourth-order valence-electron chi connectivity index (χ4n) is 8.56. The molecule has 4 aliphatic heterocycles. The number of hydrogen-bond donors (Lipinski definition) is 1. The molecule has 6 rings (SSSR count). The van der Waals surface area contributed by atoms with Gasteiger partial charge >= 0.3 is 11.9 Å². The van der Waals surface area contributed by atoms with Crippen LogP contribution in [0.4, 0.5) is 5.69 Å². The SMILES string of the molecule is CC[C@]12[C@@H]3O[C@](C(=O)OC)([C@H]1OC(C)=O)[C@@H]1N(C)c4ccccc4[C@@]14CCN(C[C@@H]3O)[C@H]42. The number of rotatable bonds is 3. The van der Waals surface area contributed by atoms with Gasteiger partial charge in [0.2, 0.25) is 5.60 Å². The van der Waals surface area contributed by atoms with Crippen LogP contribution in [-0.2, 0) is 29.2 Å². The summed E-state index contributed by atoms with van der Waals surface area (Å²) >= 11 is 0. The van der Waals surface area contributed by atoms with Crippen LogP contribution >= 0.6 is 0 Å². The molecule has 0 radical (unpaired) electrons. The van der Waals surface area contributed by atoms with Gasteiger partial charge in [0, 0.05) is 37.7 Å². The van der Waals surface area contributed by atoms with Gasteiger partial charge in [0.15, 0.2) is 6.10 Å². The van der Waals surface area contributed by atoms with Gasteiger partial charge in [-0.2, -0.15) is 0 Å². The standard InChI is InChI=1S/C24H30N2O6/c1-5-22-17-16(28)12-26-11-10-23(18(22)26)14-8-6-7-9-15(14)25(3)19(23)24(32-17,21(29)30-4)20(22)31-13(2)27/h6-9,16-20,28H,5,10-12H2,1-4H3/t16-,17+,18-,19+,20-,22+,23+,24-/m0/s1. The highest BCUT2D eigenvalue weighted by Gasteiger charge is 2.88. The Morgan fingerprint density at radius 3 is 2.72 bits per heavy atom. The summed E-state index contributed by atoms with van der Waals surface area (Å²) < 4.78 is 18.1. The van der Waals surface area contributed by atoms with E-state index < -0.39 is 52.7 Å². The van der Waals surface area contributed by atoms with E-state index in [1.165, 1.54) is 19.6 Å². The summed E-state index contributed by atoms with van der Waals surface area (Å²) in [7, 11) is 3.33. The molecule has 5 aliphatic rings. The van der Waals surface area contributed by atoms with Crippen molar-refractivity contribution in [2.75, 3.05) is 32.1 Å². The van der Waals surface area contributed by atoms with E-state index in [1.807, 2.05) is 26.1 Å². The molecule has 4 heterocycles. The number of aliphatic hydroxyl groups excluding tert-OH is 1. The number of anilines is 1. The Labute approximate surface area is 187 Å². The first-order chi connectivity index (χ1) is 15.3. The van der Waals surface area contributed by atoms with Gasteiger partial charge in [0.1, 0.15) is 0 Å². The Morgan fingerprint density at radius 2 is 2.03 bits per heavy atom. The fraction of sp³-hybridized carbons (Fsp3) is 0.667. The van der Waals surface area contributed by atoms with Crippen LogP contribution in [0.25, 0.3) is 0 Å². The van der Waals surface area contributed by atoms with Crippen molar-refractivity contribution in [3.8, 4) is 0 Å². The molecule has 1 saturated carbocycles. The summed E-state index contributed by atoms with van der Waals surface area (Å²) in [6.45, 7) is 4.69. The van der Waals surface area contributed by atoms with E-state index in [4.69, 9.17) is 14.2 Å². The maximum Gasteiger partial charge on any atom is 0.344 e. The monoisotopic (exact) mass is 442 g/mol. The molecule has 0 aromatic heterocycles. The smallest absolute Gasteiger partial charge is 0.344 e. The van der Waals surface area contributed by atoms with Gasteiger partial charge in [-0.3, -0.25) is 9.69 Å². The second kappa shape index (κ2) is 6.24. The number of likely N-dealkylation sites (N-methyl/N-ethyl adjacent to an activating group) is 1. The van der Waals surface area contributed by atoms with Crippen LogP contribution in [0.5, 0.6) is 0 Å². The molecule has 1 N–H and O–H groups in total. The molecule has 32 heavy (non-hydrogen) atoms. The van der Waals surface area contributed by atoms with Crippen LogP contribution < -0.4 is 4.90 Å². The number of carbonyl (C=O) groups is 2. The van der Waals surface area contributed by atoms with Crippen molar-refractivity contribution >= 4 is 17.6 Å². The average molecular weight is 443 g/mol. The number of hydrogen-bond acceptors (Lipinski definition) is 8. The van der Waals surface area contributed by atoms with E-state index >= 15 is 0 Å². The minimum absolute atomic E-state index is 0.0332. The quantitative estimate of drug-likeness (QED) is 0.690. The largest absolute Gasteiger partial charge is 0.467 e. The zero-order chi connectivity index (χ0) is 22.6. The van der Waals surface area contributed by atoms with Crippen molar-refractivity contribution in [3.63, 3.8) is 0 Å². The zero-order valence-corrected chi connectivity index (χ0v) is 18.9. The van der Waals surface area contributed by atoms with Gasteiger partial charge in [-0.25, -0.2) is 4.79 Å². The average Bonchev–Trinajstić information content (AvgIpc) is 3.36. The predicted octanol–water partition coefficient (Wildman–Crippen LogP) is 0.844. The minimum atomic E-state index is -1.54. The van der Waals surface area contributed by atoms with E-state index in [2.05, 4.69) is 21.9 Å². The number of esters is 2. The molecule has 1 aromatic rings. The molecule has 8 nitrogen and oxygen atoms in total. The molecule has 4 fully saturated rings. The molecule has 1 spiro atoms. The van der Waals surface area contributed by atoms with Crippen LogP contribution in [0.2, 0.25) is 0 Å². The molecule has 0 amide bonds. The van der Waals surface area contributed by atoms with Gasteiger partial charge < -0.3 is 24.2 Å². The number of nitrogens with zero attached hydrogens (tertiary/aromatic N) is 2. The first-order valence-corrected chi connectivity index (χ1v) is 11.5. The molecule has 0 unspecified atom stereocenters. The van der Waals surface area contributed by atoms with Crippen LogP contribution in [0.15, 0.2) is 24.3 Å². The summed E-state index contributed by atoms with van der Waals surface area (Å²) in [5, 5.41) is 11.2. The highest BCUT2D eigenvalue weighted by atomic mass is 16.6. The van der Waals surface area contributed by atoms with Gasteiger partial charge in [-0.05, 0) is 31.0 Å². The highest BCUT2D eigenvalue weighted by Crippen LogP contribution is 2.72. The third-order valence-electron chi connectivity index (χ3n) is 9.14. The molecular formula is C24H30N2O6. The van der Waals surface area contributed by atoms with E-state index in [1.54, 1.807) is 0 Å². The van der Waals surface area contributed by atoms with Crippen LogP contribution in [0.1, 0.15) is 32.3 Å². The molecule has 2 bridgehead atoms. The zero-order valence-electron chi connectivity index (χ0n) is 18.9. The Bertz CT molecular complexity index is 1020. The molecule has 8 atom stereocenters. The Hall–Kier alpha value is -2.16. The number of para-hydroxylation sites is 1. The van der Waals surface area contributed by atoms with Crippen LogP contribution in [0.3, 0.4) is 0 Å². The molecule has 3 saturated heterocycles. The highest BCUT2D eigenvalue weighted by molar-refractivity contribution is 5.87. The van der Waals surface area contributed by atoms with E-state index in [0.717, 1.165) is 18.7 Å². The predicted molar refractivity (Wildman–Crippen MR) is 114 cm³/mol. The molecular weight excluding hydrogens is 412 g/mol. The molecule has 1 aromatic carbocycles. The third-order valence-corrected chi connectivity index (χ3v) is 9.14. The lowest BCUT2D eigenvalue weighted by Gasteiger charge is -2.61. The number of fused-ring (bicyclic) bond motifs is 3. The van der Waals surface area contributed by atoms with Crippen molar-refractivity contribution in [1.82, 2.24) is 4.90 Å². The van der Waals surface area contributed by atoms with Crippen molar-refractivity contribution in [1.29, 1.82) is 0 Å². The summed E-state index contributed by atoms with van der Waals surface area (Å²) in [4.78, 5) is 30.6. The maximum atomic E-state index is 13.7. The number of benzene rings is 1. The molecule has 8 heteroatoms. The van der Waals surface area contributed by atoms with Crippen LogP contribution in [0, 0.1) is 5.41 Å². The fourth-order valence-corrected chi connectivity index (χ4v) is 8.56. The molecule has 172 valence electrons. The Morgan fingerprint density at radius 1 is 1.28 bits per heavy atom. The normalized spacial score (nSPS) is 45.4. The van der Waals surface area contributed by atoms with E-state index in [9.17, 15) is 14.7 Å². The molecule has 1 aliphatic carbocycles. The lowest BCUT2D eigenvalue weighted by Crippen LogP contribution is -2.79. The Kier molecular flexibility index (Phi) is 3.99. The second-order valence-corrected chi connectivity index (χ2v) is 10.1. The summed E-state index contributed by atoms with van der Waals surface area (Å²) in [6, 6.07) is 7.84. The maximum absolute atomic E-state index is 13.7. The summed E-state index contributed by atoms with van der Waals surface area (Å²) in [5.74, 6) is -1.00. The number of carbonyl (C=O) groups excluding carboxylic acids is 2. The van der Waals surface area contributed by atoms with Gasteiger partial charge in [-0.1, -0.05) is 25.1 Å². The van der Waals surface area contributed by atoms with Crippen molar-refractivity contribution in [2.24, 2.45) is 5.41 Å². The van der Waals surface area contributed by atoms with E-state index in [0.29, 0.717) is 13.0 Å². The lowest BCUT2D eigenvalue weighted by molar-refractivity contribution is -0.199. The number of piperidine rings is 1. The lowest BCUT2D eigenvalue weighted by atomic mass is 9.47. The van der Waals surface area contributed by atoms with Crippen molar-refractivity contribution < 1.29 is 28.9 Å². The number of ether oxygens (including phenoxy) is 3. The van der Waals surface area contributed by atoms with E-state index in [-0.39, 0.29) is 6.04 Å². The topological polar surface area (TPSA) is 88.5 Å². The second-order valence-electron chi connectivity index (χ2n) is 10.1. The Balaban J connectivity index is 1.72. The van der Waals surface area contributed by atoms with Gasteiger partial charge in [-0.15, -0.1) is 0 Å². The summed E-state index contributed by atoms with van der Waals surface area (Å²) in [5.41, 5.74) is -0.404. The van der Waals surface area contributed by atoms with Gasteiger partial charge in [0.05, 0.1) is 30.8 Å². The summed E-state index contributed by atoms with van der Waals surface area (Å²) in [6.07, 6.45) is -0.832. The number of aliphatic hydroxyl groups is 1. The van der Waals surface area contributed by atoms with Gasteiger partial charge in [0.25, 0.3) is 0 Å².